The lowest BCUT2D eigenvalue weighted by Gasteiger charge is -2.12. The molecule has 4 aromatic rings. The van der Waals surface area contributed by atoms with Gasteiger partial charge in [0.2, 0.25) is 0 Å². The molecule has 0 atom stereocenters. The Morgan fingerprint density at radius 1 is 0.522 bits per heavy atom. The highest BCUT2D eigenvalue weighted by atomic mass is 19.4. The summed E-state index contributed by atoms with van der Waals surface area (Å²) in [6, 6.07) is 20.9. The van der Waals surface area contributed by atoms with Gasteiger partial charge >= 0.3 is 12.5 Å². The molecule has 222 valence electrons. The van der Waals surface area contributed by atoms with Crippen molar-refractivity contribution < 1.29 is 35.5 Å². The van der Waals surface area contributed by atoms with Gasteiger partial charge in [0.1, 0.15) is 47.0 Å². The Morgan fingerprint density at radius 2 is 0.978 bits per heavy atom. The van der Waals surface area contributed by atoms with E-state index in [9.17, 15) is 51.8 Å². The normalized spacial score (nSPS) is 12.5. The number of hydrogen-bond donors (Lipinski definition) is 0. The molecule has 0 spiro atoms. The van der Waals surface area contributed by atoms with Crippen molar-refractivity contribution in [3.63, 3.8) is 0 Å². The number of hydrogen-bond acceptors (Lipinski definition) is 5. The van der Waals surface area contributed by atoms with E-state index in [0.29, 0.717) is 45.5 Å². The number of benzene rings is 4. The fourth-order valence-corrected chi connectivity index (χ4v) is 5.81. The van der Waals surface area contributed by atoms with Crippen LogP contribution in [0.3, 0.4) is 0 Å². The van der Waals surface area contributed by atoms with E-state index in [0.717, 1.165) is 18.2 Å². The van der Waals surface area contributed by atoms with Crippen molar-refractivity contribution >= 4 is 11.1 Å². The molecule has 0 heterocycles. The van der Waals surface area contributed by atoms with Crippen LogP contribution in [0.4, 0.5) is 30.7 Å². The summed E-state index contributed by atoms with van der Waals surface area (Å²) in [6.45, 7) is 0. The van der Waals surface area contributed by atoms with Crippen LogP contribution in [0.25, 0.3) is 44.5 Å². The molecule has 0 unspecified atom stereocenters. The molecule has 0 aliphatic heterocycles. The third kappa shape index (κ3) is 4.70. The zero-order chi connectivity index (χ0) is 33.1. The Labute approximate surface area is 255 Å². The van der Waals surface area contributed by atoms with Crippen molar-refractivity contribution in [2.75, 3.05) is 0 Å². The van der Waals surface area contributed by atoms with E-state index in [1.165, 1.54) is 24.3 Å². The van der Waals surface area contributed by atoms with Crippen LogP contribution in [0.5, 0.6) is 5.75 Å². The summed E-state index contributed by atoms with van der Waals surface area (Å²) in [5.41, 5.74) is 0.946. The van der Waals surface area contributed by atoms with Crippen molar-refractivity contribution in [3.05, 3.63) is 112 Å². The molecule has 0 fully saturated rings. The van der Waals surface area contributed by atoms with Crippen LogP contribution in [0.2, 0.25) is 0 Å². The fourth-order valence-electron chi connectivity index (χ4n) is 5.81. The van der Waals surface area contributed by atoms with Gasteiger partial charge in [-0.1, -0.05) is 24.3 Å². The molecule has 0 saturated heterocycles. The van der Waals surface area contributed by atoms with Gasteiger partial charge in [-0.15, -0.1) is 13.2 Å². The predicted molar refractivity (Wildman–Crippen MR) is 149 cm³/mol. The van der Waals surface area contributed by atoms with Crippen LogP contribution in [0.1, 0.15) is 27.8 Å². The lowest BCUT2D eigenvalue weighted by molar-refractivity contribution is -0.274. The molecule has 12 heteroatoms. The number of allylic oxidation sites excluding steroid dienone is 2. The average molecular weight is 624 g/mol. The van der Waals surface area contributed by atoms with Crippen molar-refractivity contribution in [1.29, 1.82) is 21.0 Å². The first-order valence-corrected chi connectivity index (χ1v) is 13.0. The number of halogens is 7. The van der Waals surface area contributed by atoms with Crippen molar-refractivity contribution in [1.82, 2.24) is 0 Å². The van der Waals surface area contributed by atoms with Gasteiger partial charge in [-0.3, -0.25) is 0 Å². The molecule has 5 nitrogen and oxygen atoms in total. The van der Waals surface area contributed by atoms with Crippen LogP contribution < -0.4 is 4.74 Å². The summed E-state index contributed by atoms with van der Waals surface area (Å²) in [5, 5.41) is 39.2. The molecule has 0 N–H and O–H groups in total. The molecule has 0 saturated carbocycles. The molecule has 0 bridgehead atoms. The zero-order valence-corrected chi connectivity index (χ0v) is 22.7. The van der Waals surface area contributed by atoms with Gasteiger partial charge in [0.05, 0.1) is 5.56 Å². The summed E-state index contributed by atoms with van der Waals surface area (Å²) in [4.78, 5) is 0. The van der Waals surface area contributed by atoms with Crippen molar-refractivity contribution in [2.24, 2.45) is 0 Å². The van der Waals surface area contributed by atoms with E-state index in [2.05, 4.69) is 4.74 Å². The number of alkyl halides is 6. The van der Waals surface area contributed by atoms with Gasteiger partial charge in [0.25, 0.3) is 0 Å². The number of fused-ring (bicyclic) bond motifs is 6. The van der Waals surface area contributed by atoms with Gasteiger partial charge in [0, 0.05) is 11.1 Å². The second-order valence-electron chi connectivity index (χ2n) is 10.1. The maximum atomic E-state index is 14.0. The number of ether oxygens (including phenoxy) is 1. The average Bonchev–Trinajstić information content (AvgIpc) is 3.48. The predicted octanol–water partition coefficient (Wildman–Crippen LogP) is 9.07. The van der Waals surface area contributed by atoms with Gasteiger partial charge in [0.15, 0.2) is 0 Å². The molecule has 2 aliphatic carbocycles. The van der Waals surface area contributed by atoms with E-state index >= 15 is 0 Å². The quantitative estimate of drug-likeness (QED) is 0.141. The molecule has 4 aromatic carbocycles. The molecular weight excluding hydrogens is 613 g/mol. The first kappa shape index (κ1) is 29.7. The Bertz CT molecular complexity index is 2240. The molecule has 0 radical (unpaired) electrons. The molecule has 2 aliphatic rings. The summed E-state index contributed by atoms with van der Waals surface area (Å²) in [7, 11) is 0. The lowest BCUT2D eigenvalue weighted by Crippen LogP contribution is -2.17. The van der Waals surface area contributed by atoms with Crippen LogP contribution in [-0.4, -0.2) is 6.36 Å². The Hall–Kier alpha value is -6.37. The van der Waals surface area contributed by atoms with Gasteiger partial charge in [-0.2, -0.15) is 34.2 Å². The number of nitriles is 4. The highest BCUT2D eigenvalue weighted by Gasteiger charge is 2.37. The SMILES string of the molecule is N#CC(C#N)=C1c2cc(OC(F)(F)F)ccc2-c2cc3c(cc21)C(=C(C#N)C#N)c1cc(-c2ccc(F)c(C(F)(F)F)c2)ccc1-3. The highest BCUT2D eigenvalue weighted by Crippen LogP contribution is 2.54. The summed E-state index contributed by atoms with van der Waals surface area (Å²) in [5.74, 6) is -2.03. The van der Waals surface area contributed by atoms with Crippen LogP contribution in [0, 0.1) is 51.1 Å². The van der Waals surface area contributed by atoms with Crippen molar-refractivity contribution in [3.8, 4) is 63.4 Å². The second kappa shape index (κ2) is 10.4. The minimum atomic E-state index is -5.01. The van der Waals surface area contributed by atoms with E-state index in [-0.39, 0.29) is 39.0 Å². The standard InChI is InChI=1S/C34H11F7N4O/c35-30-6-2-17(8-29(30)33(36,37)38)16-1-4-21-23-10-24-22-5-3-20(46-34(39,40)41)9-26(22)32(19(14-44)15-45)28(24)11-27(23)31(25(21)7-16)18(12-42)13-43/h1-11H. The summed E-state index contributed by atoms with van der Waals surface area (Å²) >= 11 is 0. The van der Waals surface area contributed by atoms with E-state index < -0.39 is 35.2 Å². The number of nitrogens with zero attached hydrogens (tertiary/aromatic N) is 4. The van der Waals surface area contributed by atoms with Crippen LogP contribution in [0.15, 0.2) is 77.9 Å². The monoisotopic (exact) mass is 624 g/mol. The summed E-state index contributed by atoms with van der Waals surface area (Å²) < 4.78 is 97.3. The minimum Gasteiger partial charge on any atom is -0.406 e. The third-order valence-electron chi connectivity index (χ3n) is 7.61. The third-order valence-corrected chi connectivity index (χ3v) is 7.61. The van der Waals surface area contributed by atoms with Crippen LogP contribution in [-0.2, 0) is 6.18 Å². The summed E-state index contributed by atoms with van der Waals surface area (Å²) in [6.07, 6.45) is -9.96. The van der Waals surface area contributed by atoms with Crippen LogP contribution >= 0.6 is 0 Å². The maximum Gasteiger partial charge on any atom is 0.573 e. The second-order valence-corrected chi connectivity index (χ2v) is 10.1. The number of rotatable bonds is 2. The Kier molecular flexibility index (Phi) is 6.69. The van der Waals surface area contributed by atoms with Gasteiger partial charge in [-0.25, -0.2) is 4.39 Å². The lowest BCUT2D eigenvalue weighted by atomic mass is 9.92. The fraction of sp³-hybridized carbons (Fsp3) is 0.0588. The first-order valence-electron chi connectivity index (χ1n) is 13.0. The highest BCUT2D eigenvalue weighted by molar-refractivity contribution is 6.11. The molecule has 46 heavy (non-hydrogen) atoms. The Balaban J connectivity index is 1.61. The Morgan fingerprint density at radius 3 is 1.50 bits per heavy atom. The molecule has 0 aromatic heterocycles. The van der Waals surface area contributed by atoms with E-state index in [1.54, 1.807) is 24.3 Å². The van der Waals surface area contributed by atoms with Crippen molar-refractivity contribution in [2.45, 2.75) is 12.5 Å². The molecular formula is C34H11F7N4O. The van der Waals surface area contributed by atoms with E-state index in [4.69, 9.17) is 0 Å². The smallest absolute Gasteiger partial charge is 0.406 e. The topological polar surface area (TPSA) is 104 Å². The maximum absolute atomic E-state index is 14.0. The zero-order valence-electron chi connectivity index (χ0n) is 22.7. The van der Waals surface area contributed by atoms with Gasteiger partial charge < -0.3 is 4.74 Å². The molecule has 0 amide bonds. The first-order chi connectivity index (χ1) is 21.8. The minimum absolute atomic E-state index is 0.0166. The van der Waals surface area contributed by atoms with E-state index in [1.807, 2.05) is 12.1 Å². The largest absolute Gasteiger partial charge is 0.573 e. The van der Waals surface area contributed by atoms with Gasteiger partial charge in [-0.05, 0) is 98.1 Å². The molecule has 6 rings (SSSR count).